The highest BCUT2D eigenvalue weighted by molar-refractivity contribution is 5.89. The van der Waals surface area contributed by atoms with E-state index in [2.05, 4.69) is 231 Å². The number of hydrogen-bond acceptors (Lipinski definition) is 1. The first-order valence-electron chi connectivity index (χ1n) is 22.6. The molecule has 3 aliphatic rings. The second-order valence-electron chi connectivity index (χ2n) is 17.7. The summed E-state index contributed by atoms with van der Waals surface area (Å²) in [5.41, 5.74) is 16.3. The topological polar surface area (TPSA) is 3.24 Å². The Morgan fingerprint density at radius 1 is 0.443 bits per heavy atom. The van der Waals surface area contributed by atoms with Crippen molar-refractivity contribution in [2.24, 2.45) is 11.8 Å². The average molecular weight is 790 g/mol. The predicted octanol–water partition coefficient (Wildman–Crippen LogP) is 16.3. The molecule has 300 valence electrons. The zero-order valence-electron chi connectivity index (χ0n) is 35.5. The fourth-order valence-electron chi connectivity index (χ4n) is 11.3. The van der Waals surface area contributed by atoms with Gasteiger partial charge in [0.15, 0.2) is 0 Å². The molecule has 0 aromatic heterocycles. The van der Waals surface area contributed by atoms with Crippen LogP contribution in [0.3, 0.4) is 0 Å². The zero-order chi connectivity index (χ0) is 41.2. The normalized spacial score (nSPS) is 19.2. The summed E-state index contributed by atoms with van der Waals surface area (Å²) in [7, 11) is 0. The fraction of sp³-hybridized carbons (Fsp3) is 0.200. The molecule has 1 saturated carbocycles. The lowest BCUT2D eigenvalue weighted by Crippen LogP contribution is -2.36. The minimum Gasteiger partial charge on any atom is -0.310 e. The number of para-hydroxylation sites is 1. The Balaban J connectivity index is 1.28. The smallest absolute Gasteiger partial charge is 0.0707 e. The monoisotopic (exact) mass is 789 g/mol. The number of fused-ring (bicyclic) bond motifs is 4. The van der Waals surface area contributed by atoms with E-state index in [0.717, 1.165) is 5.69 Å². The molecule has 4 atom stereocenters. The van der Waals surface area contributed by atoms with E-state index in [1.807, 2.05) is 0 Å². The Hall–Kier alpha value is -6.44. The summed E-state index contributed by atoms with van der Waals surface area (Å²) < 4.78 is 0. The van der Waals surface area contributed by atoms with Gasteiger partial charge >= 0.3 is 0 Å². The molecule has 0 heterocycles. The van der Waals surface area contributed by atoms with Crippen molar-refractivity contribution in [1.29, 1.82) is 0 Å². The number of rotatable bonds is 8. The molecule has 0 radical (unpaired) electrons. The average Bonchev–Trinajstić information content (AvgIpc) is 3.32. The summed E-state index contributed by atoms with van der Waals surface area (Å²) in [6.07, 6.45) is 6.02. The highest BCUT2D eigenvalue weighted by Crippen LogP contribution is 2.56. The van der Waals surface area contributed by atoms with Gasteiger partial charge in [-0.25, -0.2) is 0 Å². The number of hydrogen-bond donors (Lipinski definition) is 0. The molecular weight excluding hydrogens is 735 g/mol. The molecule has 1 fully saturated rings. The lowest BCUT2D eigenvalue weighted by molar-refractivity contribution is 0.267. The molecular formula is C60H55N. The van der Waals surface area contributed by atoms with Crippen LogP contribution in [-0.2, 0) is 5.41 Å². The first kappa shape index (κ1) is 38.7. The Labute approximate surface area is 363 Å². The van der Waals surface area contributed by atoms with Gasteiger partial charge in [-0.15, -0.1) is 0 Å². The van der Waals surface area contributed by atoms with E-state index in [4.69, 9.17) is 0 Å². The Morgan fingerprint density at radius 2 is 0.934 bits per heavy atom. The molecule has 0 N–H and O–H groups in total. The maximum absolute atomic E-state index is 2.62. The molecule has 2 bridgehead atoms. The zero-order valence-corrected chi connectivity index (χ0v) is 35.5. The van der Waals surface area contributed by atoms with Crippen molar-refractivity contribution in [3.63, 3.8) is 0 Å². The molecule has 0 amide bonds. The lowest BCUT2D eigenvalue weighted by Gasteiger charge is -2.45. The molecule has 61 heavy (non-hydrogen) atoms. The van der Waals surface area contributed by atoms with Gasteiger partial charge in [-0.1, -0.05) is 202 Å². The molecule has 1 nitrogen and oxygen atoms in total. The van der Waals surface area contributed by atoms with Gasteiger partial charge in [0, 0.05) is 16.9 Å². The summed E-state index contributed by atoms with van der Waals surface area (Å²) in [4.78, 5) is 2.52. The lowest BCUT2D eigenvalue weighted by atomic mass is 9.58. The van der Waals surface area contributed by atoms with Gasteiger partial charge in [-0.05, 0) is 130 Å². The Bertz CT molecular complexity index is 2660. The third-order valence-corrected chi connectivity index (χ3v) is 14.0. The molecule has 2 unspecified atom stereocenters. The molecule has 11 rings (SSSR count). The van der Waals surface area contributed by atoms with Gasteiger partial charge in [0.05, 0.1) is 11.1 Å². The van der Waals surface area contributed by atoms with Gasteiger partial charge in [0.1, 0.15) is 0 Å². The summed E-state index contributed by atoms with van der Waals surface area (Å²) in [5.74, 6) is 2.15. The van der Waals surface area contributed by atoms with Crippen molar-refractivity contribution in [1.82, 2.24) is 0 Å². The maximum Gasteiger partial charge on any atom is 0.0707 e. The second kappa shape index (κ2) is 16.9. The summed E-state index contributed by atoms with van der Waals surface area (Å²) >= 11 is 0. The van der Waals surface area contributed by atoms with Crippen LogP contribution in [0.2, 0.25) is 0 Å². The number of anilines is 3. The van der Waals surface area contributed by atoms with Crippen LogP contribution in [0, 0.1) is 11.8 Å². The van der Waals surface area contributed by atoms with Gasteiger partial charge in [-0.3, -0.25) is 0 Å². The molecule has 0 saturated heterocycles. The van der Waals surface area contributed by atoms with E-state index < -0.39 is 5.41 Å². The van der Waals surface area contributed by atoms with E-state index in [-0.39, 0.29) is 0 Å². The standard InChI is InChI=1S/C60H55N/c1-3-44-40-48-38-43(2)39-49(41-44)56-42-53(36-37-58(56)60(50-24-12-6-13-25-50,51-26-14-7-15-27-51)57-30-18-16-28-54(48)57)61(52-34-32-46(33-35-52)45-20-8-4-9-21-45)59-31-19-17-29-55(59)47-22-10-5-11-23-47/h4-37,42-44,48-49H,3,38-41H2,1-2H3/t43-,44+,48?,49?/m1/s1. The molecule has 3 aliphatic carbocycles. The largest absolute Gasteiger partial charge is 0.310 e. The summed E-state index contributed by atoms with van der Waals surface area (Å²) in [5, 5.41) is 0. The highest BCUT2D eigenvalue weighted by atomic mass is 15.1. The van der Waals surface area contributed by atoms with Crippen LogP contribution in [0.15, 0.2) is 212 Å². The van der Waals surface area contributed by atoms with Crippen molar-refractivity contribution in [2.75, 3.05) is 4.90 Å². The number of nitrogens with zero attached hydrogens (tertiary/aromatic N) is 1. The summed E-state index contributed by atoms with van der Waals surface area (Å²) in [6, 6.07) is 79.8. The van der Waals surface area contributed by atoms with Crippen molar-refractivity contribution < 1.29 is 0 Å². The first-order valence-corrected chi connectivity index (χ1v) is 22.6. The van der Waals surface area contributed by atoms with Crippen LogP contribution in [-0.4, -0.2) is 0 Å². The van der Waals surface area contributed by atoms with E-state index in [9.17, 15) is 0 Å². The van der Waals surface area contributed by atoms with E-state index >= 15 is 0 Å². The Morgan fingerprint density at radius 3 is 1.57 bits per heavy atom. The van der Waals surface area contributed by atoms with Crippen LogP contribution in [0.25, 0.3) is 22.3 Å². The molecule has 8 aromatic carbocycles. The van der Waals surface area contributed by atoms with E-state index in [0.29, 0.717) is 23.7 Å². The SMILES string of the molecule is CC[C@H]1CC2C[C@@H](C)CC(C1)c1cc(N(c3ccc(-c4ccccc4)cc3)c3ccccc3-c3ccccc3)ccc1C(c1ccccc1)(c1ccccc1)c1ccccc12. The van der Waals surface area contributed by atoms with Gasteiger partial charge in [0.2, 0.25) is 0 Å². The first-order chi connectivity index (χ1) is 30.1. The quantitative estimate of drug-likeness (QED) is 0.148. The maximum atomic E-state index is 2.62. The summed E-state index contributed by atoms with van der Waals surface area (Å²) in [6.45, 7) is 4.96. The van der Waals surface area contributed by atoms with Crippen LogP contribution >= 0.6 is 0 Å². The van der Waals surface area contributed by atoms with Gasteiger partial charge < -0.3 is 4.90 Å². The third kappa shape index (κ3) is 7.21. The van der Waals surface area contributed by atoms with Crippen LogP contribution < -0.4 is 4.90 Å². The number of benzene rings is 8. The van der Waals surface area contributed by atoms with Crippen LogP contribution in [0.5, 0.6) is 0 Å². The van der Waals surface area contributed by atoms with E-state index in [1.54, 1.807) is 0 Å². The fourth-order valence-corrected chi connectivity index (χ4v) is 11.3. The second-order valence-corrected chi connectivity index (χ2v) is 17.7. The predicted molar refractivity (Wildman–Crippen MR) is 257 cm³/mol. The highest BCUT2D eigenvalue weighted by Gasteiger charge is 2.45. The molecule has 8 aromatic rings. The van der Waals surface area contributed by atoms with Crippen LogP contribution in [0.4, 0.5) is 17.1 Å². The van der Waals surface area contributed by atoms with E-state index in [1.165, 1.54) is 99.1 Å². The van der Waals surface area contributed by atoms with Gasteiger partial charge in [-0.2, -0.15) is 0 Å². The molecule has 0 spiro atoms. The van der Waals surface area contributed by atoms with Crippen molar-refractivity contribution in [3.05, 3.63) is 246 Å². The minimum atomic E-state index is -0.521. The van der Waals surface area contributed by atoms with Crippen molar-refractivity contribution in [2.45, 2.75) is 63.2 Å². The van der Waals surface area contributed by atoms with Crippen LogP contribution in [0.1, 0.15) is 91.2 Å². The Kier molecular flexibility index (Phi) is 10.7. The minimum absolute atomic E-state index is 0.402. The third-order valence-electron chi connectivity index (χ3n) is 14.0. The van der Waals surface area contributed by atoms with Gasteiger partial charge in [0.25, 0.3) is 0 Å². The molecule has 1 heteroatoms. The van der Waals surface area contributed by atoms with Crippen molar-refractivity contribution in [3.8, 4) is 22.3 Å². The molecule has 0 aliphatic heterocycles. The van der Waals surface area contributed by atoms with Crippen molar-refractivity contribution >= 4 is 17.1 Å².